The van der Waals surface area contributed by atoms with Crippen molar-refractivity contribution in [3.8, 4) is 0 Å². The summed E-state index contributed by atoms with van der Waals surface area (Å²) >= 11 is 0. The molecule has 6 heteroatoms. The molecule has 0 saturated carbocycles. The maximum absolute atomic E-state index is 10.1. The van der Waals surface area contributed by atoms with E-state index in [-0.39, 0.29) is 6.10 Å². The van der Waals surface area contributed by atoms with Gasteiger partial charge in [0, 0.05) is 45.1 Å². The lowest BCUT2D eigenvalue weighted by Gasteiger charge is -2.30. The fourth-order valence-electron chi connectivity index (χ4n) is 2.30. The molecule has 19 heavy (non-hydrogen) atoms. The predicted molar refractivity (Wildman–Crippen MR) is 73.0 cm³/mol. The number of hydrogen-bond acceptors (Lipinski definition) is 5. The Labute approximate surface area is 114 Å². The van der Waals surface area contributed by atoms with Gasteiger partial charge in [0.15, 0.2) is 0 Å². The minimum Gasteiger partial charge on any atom is -0.390 e. The first-order valence-electron chi connectivity index (χ1n) is 6.88. The van der Waals surface area contributed by atoms with E-state index < -0.39 is 0 Å². The highest BCUT2D eigenvalue weighted by molar-refractivity contribution is 4.78. The minimum absolute atomic E-state index is 0.305. The molecule has 1 aliphatic heterocycles. The zero-order chi connectivity index (χ0) is 13.5. The van der Waals surface area contributed by atoms with E-state index in [0.717, 1.165) is 45.9 Å². The molecule has 2 heterocycles. The molecule has 1 saturated heterocycles. The number of aliphatic hydroxyl groups excluding tert-OH is 1. The van der Waals surface area contributed by atoms with Gasteiger partial charge in [0.2, 0.25) is 0 Å². The third-order valence-electron chi connectivity index (χ3n) is 3.37. The minimum atomic E-state index is -0.305. The number of hydrogen-bond donors (Lipinski definition) is 1. The third-order valence-corrected chi connectivity index (χ3v) is 3.37. The lowest BCUT2D eigenvalue weighted by molar-refractivity contribution is 0.00850. The van der Waals surface area contributed by atoms with Crippen molar-refractivity contribution in [2.75, 3.05) is 53.0 Å². The molecule has 0 aliphatic carbocycles. The number of morpholine rings is 1. The zero-order valence-corrected chi connectivity index (χ0v) is 11.6. The Kier molecular flexibility index (Phi) is 5.78. The Hall–Kier alpha value is -0.950. The van der Waals surface area contributed by atoms with E-state index in [0.29, 0.717) is 6.54 Å². The monoisotopic (exact) mass is 268 g/mol. The van der Waals surface area contributed by atoms with E-state index >= 15 is 0 Å². The molecule has 1 aromatic heterocycles. The first-order valence-corrected chi connectivity index (χ1v) is 6.88. The van der Waals surface area contributed by atoms with Gasteiger partial charge in [-0.15, -0.1) is 0 Å². The van der Waals surface area contributed by atoms with Crippen LogP contribution in [0.1, 0.15) is 0 Å². The molecule has 1 N–H and O–H groups in total. The molecular formula is C13H24N4O2. The Morgan fingerprint density at radius 1 is 1.42 bits per heavy atom. The second kappa shape index (κ2) is 7.59. The van der Waals surface area contributed by atoms with E-state index in [1.807, 2.05) is 24.0 Å². The number of β-amino-alcohol motifs (C(OH)–C–C–N with tert-alkyl or cyclic N) is 1. The normalized spacial score (nSPS) is 18.9. The lowest BCUT2D eigenvalue weighted by atomic mass is 10.3. The van der Waals surface area contributed by atoms with Crippen molar-refractivity contribution in [3.63, 3.8) is 0 Å². The molecule has 1 atom stereocenters. The Morgan fingerprint density at radius 3 is 2.89 bits per heavy atom. The van der Waals surface area contributed by atoms with Crippen LogP contribution in [0.2, 0.25) is 0 Å². The van der Waals surface area contributed by atoms with Gasteiger partial charge in [-0.3, -0.25) is 9.58 Å². The van der Waals surface area contributed by atoms with Gasteiger partial charge < -0.3 is 14.7 Å². The van der Waals surface area contributed by atoms with E-state index in [4.69, 9.17) is 4.74 Å². The summed E-state index contributed by atoms with van der Waals surface area (Å²) in [6.45, 7) is 6.58. The maximum atomic E-state index is 10.1. The first-order chi connectivity index (χ1) is 9.24. The highest BCUT2D eigenvalue weighted by Crippen LogP contribution is 2.00. The van der Waals surface area contributed by atoms with Crippen LogP contribution < -0.4 is 0 Å². The number of ether oxygens (including phenoxy) is 1. The van der Waals surface area contributed by atoms with Crippen LogP contribution in [0.15, 0.2) is 18.5 Å². The molecule has 1 unspecified atom stereocenters. The summed E-state index contributed by atoms with van der Waals surface area (Å²) in [6, 6.07) is 1.92. The Bertz CT molecular complexity index is 338. The van der Waals surface area contributed by atoms with Crippen LogP contribution in [0.3, 0.4) is 0 Å². The summed E-state index contributed by atoms with van der Waals surface area (Å²) in [4.78, 5) is 4.41. The lowest BCUT2D eigenvalue weighted by Crippen LogP contribution is -2.44. The molecule has 0 amide bonds. The van der Waals surface area contributed by atoms with Crippen LogP contribution in [0.5, 0.6) is 0 Å². The number of nitrogens with zero attached hydrogens (tertiary/aromatic N) is 4. The van der Waals surface area contributed by atoms with Crippen molar-refractivity contribution in [2.45, 2.75) is 12.6 Å². The summed E-state index contributed by atoms with van der Waals surface area (Å²) in [5.41, 5.74) is 0. The first kappa shape index (κ1) is 14.5. The van der Waals surface area contributed by atoms with Gasteiger partial charge in [-0.2, -0.15) is 5.10 Å². The van der Waals surface area contributed by atoms with Gasteiger partial charge in [0.05, 0.1) is 25.9 Å². The summed E-state index contributed by atoms with van der Waals surface area (Å²) in [7, 11) is 2.03. The van der Waals surface area contributed by atoms with Crippen molar-refractivity contribution >= 4 is 0 Å². The van der Waals surface area contributed by atoms with Gasteiger partial charge in [-0.25, -0.2) is 0 Å². The van der Waals surface area contributed by atoms with Crippen molar-refractivity contribution in [1.29, 1.82) is 0 Å². The fraction of sp³-hybridized carbons (Fsp3) is 0.769. The summed E-state index contributed by atoms with van der Waals surface area (Å²) < 4.78 is 7.21. The molecule has 1 aliphatic rings. The van der Waals surface area contributed by atoms with E-state index in [1.165, 1.54) is 0 Å². The quantitative estimate of drug-likeness (QED) is 0.723. The molecule has 0 bridgehead atoms. The number of aliphatic hydroxyl groups is 1. The zero-order valence-electron chi connectivity index (χ0n) is 11.6. The molecule has 1 aromatic rings. The number of likely N-dealkylation sites (N-methyl/N-ethyl adjacent to an activating group) is 1. The van der Waals surface area contributed by atoms with Gasteiger partial charge in [-0.1, -0.05) is 0 Å². The molecular weight excluding hydrogens is 244 g/mol. The van der Waals surface area contributed by atoms with Crippen LogP contribution in [0.4, 0.5) is 0 Å². The summed E-state index contributed by atoms with van der Waals surface area (Å²) in [5.74, 6) is 0. The maximum Gasteiger partial charge on any atom is 0.0793 e. The summed E-state index contributed by atoms with van der Waals surface area (Å²) in [6.07, 6.45) is 3.44. The molecule has 2 rings (SSSR count). The van der Waals surface area contributed by atoms with Gasteiger partial charge in [0.25, 0.3) is 0 Å². The Morgan fingerprint density at radius 2 is 2.21 bits per heavy atom. The second-order valence-corrected chi connectivity index (χ2v) is 5.10. The standard InChI is InChI=1S/C13H24N4O2/c1-15(5-6-17-4-2-3-14-17)11-13(18)12-16-7-9-19-10-8-16/h2-4,13,18H,5-12H2,1H3. The number of aromatic nitrogens is 2. The third kappa shape index (κ3) is 5.28. The fourth-order valence-corrected chi connectivity index (χ4v) is 2.30. The molecule has 6 nitrogen and oxygen atoms in total. The van der Waals surface area contributed by atoms with Gasteiger partial charge in [-0.05, 0) is 13.1 Å². The number of rotatable bonds is 7. The largest absolute Gasteiger partial charge is 0.390 e. The van der Waals surface area contributed by atoms with Gasteiger partial charge in [0.1, 0.15) is 0 Å². The highest BCUT2D eigenvalue weighted by Gasteiger charge is 2.16. The molecule has 0 radical (unpaired) electrons. The van der Waals surface area contributed by atoms with Crippen LogP contribution in [-0.2, 0) is 11.3 Å². The molecule has 0 spiro atoms. The van der Waals surface area contributed by atoms with Crippen LogP contribution in [0, 0.1) is 0 Å². The highest BCUT2D eigenvalue weighted by atomic mass is 16.5. The van der Waals surface area contributed by atoms with Crippen molar-refractivity contribution in [2.24, 2.45) is 0 Å². The van der Waals surface area contributed by atoms with E-state index in [2.05, 4.69) is 14.9 Å². The molecule has 1 fully saturated rings. The SMILES string of the molecule is CN(CCn1cccn1)CC(O)CN1CCOCC1. The van der Waals surface area contributed by atoms with Crippen LogP contribution in [-0.4, -0.2) is 83.8 Å². The molecule has 0 aromatic carbocycles. The van der Waals surface area contributed by atoms with Crippen molar-refractivity contribution < 1.29 is 9.84 Å². The average Bonchev–Trinajstić information content (AvgIpc) is 2.90. The van der Waals surface area contributed by atoms with E-state index in [1.54, 1.807) is 6.20 Å². The summed E-state index contributed by atoms with van der Waals surface area (Å²) in [5, 5.41) is 14.2. The average molecular weight is 268 g/mol. The van der Waals surface area contributed by atoms with Gasteiger partial charge >= 0.3 is 0 Å². The van der Waals surface area contributed by atoms with Crippen molar-refractivity contribution in [3.05, 3.63) is 18.5 Å². The van der Waals surface area contributed by atoms with Crippen LogP contribution >= 0.6 is 0 Å². The van der Waals surface area contributed by atoms with E-state index in [9.17, 15) is 5.11 Å². The van der Waals surface area contributed by atoms with Crippen molar-refractivity contribution in [1.82, 2.24) is 19.6 Å². The predicted octanol–water partition coefficient (Wildman–Crippen LogP) is -0.492. The molecule has 108 valence electrons. The van der Waals surface area contributed by atoms with Crippen LogP contribution in [0.25, 0.3) is 0 Å². The smallest absolute Gasteiger partial charge is 0.0793 e. The second-order valence-electron chi connectivity index (χ2n) is 5.10. The Balaban J connectivity index is 1.62. The topological polar surface area (TPSA) is 53.8 Å².